The van der Waals surface area contributed by atoms with Crippen LogP contribution in [-0.2, 0) is 4.79 Å². The molecule has 5 nitrogen and oxygen atoms in total. The topological polar surface area (TPSA) is 47.6 Å². The maximum absolute atomic E-state index is 11.7. The molecule has 1 unspecified atom stereocenters. The second-order valence-corrected chi connectivity index (χ2v) is 4.67. The third kappa shape index (κ3) is 2.93. The fourth-order valence-corrected chi connectivity index (χ4v) is 2.42. The fraction of sp³-hybridized carbons (Fsp3) is 0.909. The second kappa shape index (κ2) is 5.61. The van der Waals surface area contributed by atoms with Gasteiger partial charge in [0.05, 0.1) is 6.04 Å². The number of amides is 1. The SMILES string of the molecule is CN1CCNC(=O)C1CCN1CCNCC1. The van der Waals surface area contributed by atoms with Crippen molar-refractivity contribution in [3.63, 3.8) is 0 Å². The molecule has 0 saturated carbocycles. The Balaban J connectivity index is 1.76. The molecule has 2 N–H and O–H groups in total. The molecule has 0 aliphatic carbocycles. The van der Waals surface area contributed by atoms with Gasteiger partial charge in [-0.3, -0.25) is 9.69 Å². The van der Waals surface area contributed by atoms with Gasteiger partial charge in [0.25, 0.3) is 0 Å². The van der Waals surface area contributed by atoms with Crippen molar-refractivity contribution in [2.75, 3.05) is 52.9 Å². The van der Waals surface area contributed by atoms with Crippen molar-refractivity contribution < 1.29 is 4.79 Å². The summed E-state index contributed by atoms with van der Waals surface area (Å²) in [7, 11) is 2.04. The summed E-state index contributed by atoms with van der Waals surface area (Å²) in [5, 5.41) is 6.28. The summed E-state index contributed by atoms with van der Waals surface area (Å²) in [6.07, 6.45) is 0.947. The Kier molecular flexibility index (Phi) is 4.15. The van der Waals surface area contributed by atoms with Crippen LogP contribution < -0.4 is 10.6 Å². The average molecular weight is 226 g/mol. The van der Waals surface area contributed by atoms with E-state index in [1.807, 2.05) is 7.05 Å². The van der Waals surface area contributed by atoms with E-state index in [1.54, 1.807) is 0 Å². The number of nitrogens with zero attached hydrogens (tertiary/aromatic N) is 2. The maximum atomic E-state index is 11.7. The van der Waals surface area contributed by atoms with E-state index in [0.717, 1.165) is 52.2 Å². The van der Waals surface area contributed by atoms with E-state index in [9.17, 15) is 4.79 Å². The molecule has 2 aliphatic heterocycles. The van der Waals surface area contributed by atoms with Crippen molar-refractivity contribution in [2.24, 2.45) is 0 Å². The lowest BCUT2D eigenvalue weighted by Crippen LogP contribution is -2.55. The van der Waals surface area contributed by atoms with Gasteiger partial charge in [0.15, 0.2) is 0 Å². The summed E-state index contributed by atoms with van der Waals surface area (Å²) < 4.78 is 0. The van der Waals surface area contributed by atoms with E-state index in [1.165, 1.54) is 0 Å². The molecule has 2 heterocycles. The van der Waals surface area contributed by atoms with Crippen LogP contribution in [0.15, 0.2) is 0 Å². The van der Waals surface area contributed by atoms with Gasteiger partial charge in [-0.05, 0) is 13.5 Å². The number of hydrogen-bond donors (Lipinski definition) is 2. The molecule has 0 spiro atoms. The van der Waals surface area contributed by atoms with Crippen LogP contribution in [-0.4, -0.2) is 74.6 Å². The monoisotopic (exact) mass is 226 g/mol. The molecule has 0 aromatic rings. The first-order valence-corrected chi connectivity index (χ1v) is 6.18. The fourth-order valence-electron chi connectivity index (χ4n) is 2.42. The molecule has 2 saturated heterocycles. The Morgan fingerprint density at radius 1 is 1.25 bits per heavy atom. The zero-order valence-electron chi connectivity index (χ0n) is 10.0. The second-order valence-electron chi connectivity index (χ2n) is 4.67. The minimum Gasteiger partial charge on any atom is -0.353 e. The van der Waals surface area contributed by atoms with Crippen molar-refractivity contribution in [3.05, 3.63) is 0 Å². The molecule has 0 radical (unpaired) electrons. The highest BCUT2D eigenvalue weighted by molar-refractivity contribution is 5.82. The quantitative estimate of drug-likeness (QED) is 0.629. The lowest BCUT2D eigenvalue weighted by molar-refractivity contribution is -0.128. The molecule has 0 aromatic heterocycles. The predicted molar refractivity (Wildman–Crippen MR) is 63.4 cm³/mol. The van der Waals surface area contributed by atoms with Gasteiger partial charge in [0.2, 0.25) is 5.91 Å². The van der Waals surface area contributed by atoms with E-state index >= 15 is 0 Å². The molecule has 1 atom stereocenters. The maximum Gasteiger partial charge on any atom is 0.237 e. The van der Waals surface area contributed by atoms with E-state index in [-0.39, 0.29) is 11.9 Å². The number of nitrogens with one attached hydrogen (secondary N) is 2. The van der Waals surface area contributed by atoms with Gasteiger partial charge < -0.3 is 15.5 Å². The highest BCUT2D eigenvalue weighted by atomic mass is 16.2. The molecule has 0 aromatic carbocycles. The van der Waals surface area contributed by atoms with Crippen LogP contribution in [0, 0.1) is 0 Å². The molecule has 92 valence electrons. The summed E-state index contributed by atoms with van der Waals surface area (Å²) in [4.78, 5) is 16.3. The molecule has 0 bridgehead atoms. The minimum atomic E-state index is 0.0728. The first-order chi connectivity index (χ1) is 7.77. The number of hydrogen-bond acceptors (Lipinski definition) is 4. The highest BCUT2D eigenvalue weighted by Gasteiger charge is 2.27. The molecular formula is C11H22N4O. The molecule has 2 rings (SSSR count). The summed E-state index contributed by atoms with van der Waals surface area (Å²) in [5.41, 5.74) is 0. The number of rotatable bonds is 3. The number of carbonyl (C=O) groups excluding carboxylic acids is 1. The average Bonchev–Trinajstić information content (AvgIpc) is 2.30. The van der Waals surface area contributed by atoms with Gasteiger partial charge in [-0.2, -0.15) is 0 Å². The van der Waals surface area contributed by atoms with Crippen molar-refractivity contribution in [3.8, 4) is 0 Å². The zero-order chi connectivity index (χ0) is 11.4. The van der Waals surface area contributed by atoms with Crippen LogP contribution in [0.2, 0.25) is 0 Å². The summed E-state index contributed by atoms with van der Waals surface area (Å²) in [6.45, 7) is 7.16. The van der Waals surface area contributed by atoms with Crippen molar-refractivity contribution >= 4 is 5.91 Å². The molecule has 16 heavy (non-hydrogen) atoms. The number of piperazine rings is 2. The Hall–Kier alpha value is -0.650. The lowest BCUT2D eigenvalue weighted by Gasteiger charge is -2.34. The standard InChI is InChI=1S/C11H22N4O/c1-14-7-5-13-11(16)10(14)2-6-15-8-3-12-4-9-15/h10,12H,2-9H2,1H3,(H,13,16). The number of carbonyl (C=O) groups is 1. The third-order valence-corrected chi connectivity index (χ3v) is 3.53. The third-order valence-electron chi connectivity index (χ3n) is 3.53. The highest BCUT2D eigenvalue weighted by Crippen LogP contribution is 2.07. The van der Waals surface area contributed by atoms with E-state index in [2.05, 4.69) is 20.4 Å². The Bertz CT molecular complexity index is 240. The van der Waals surface area contributed by atoms with Gasteiger partial charge in [-0.1, -0.05) is 0 Å². The van der Waals surface area contributed by atoms with Gasteiger partial charge >= 0.3 is 0 Å². The molecule has 2 aliphatic rings. The van der Waals surface area contributed by atoms with E-state index in [0.29, 0.717) is 0 Å². The van der Waals surface area contributed by atoms with Crippen LogP contribution >= 0.6 is 0 Å². The summed E-state index contributed by atoms with van der Waals surface area (Å²) >= 11 is 0. The van der Waals surface area contributed by atoms with Crippen LogP contribution in [0.4, 0.5) is 0 Å². The molecule has 1 amide bonds. The molecule has 2 fully saturated rings. The van der Waals surface area contributed by atoms with Crippen molar-refractivity contribution in [1.82, 2.24) is 20.4 Å². The Morgan fingerprint density at radius 3 is 2.69 bits per heavy atom. The Morgan fingerprint density at radius 2 is 2.00 bits per heavy atom. The zero-order valence-corrected chi connectivity index (χ0v) is 10.0. The Labute approximate surface area is 97.2 Å². The smallest absolute Gasteiger partial charge is 0.237 e. The van der Waals surface area contributed by atoms with Gasteiger partial charge in [-0.15, -0.1) is 0 Å². The van der Waals surface area contributed by atoms with Gasteiger partial charge in [0, 0.05) is 45.8 Å². The van der Waals surface area contributed by atoms with Crippen LogP contribution in [0.25, 0.3) is 0 Å². The van der Waals surface area contributed by atoms with Gasteiger partial charge in [-0.25, -0.2) is 0 Å². The van der Waals surface area contributed by atoms with Crippen LogP contribution in [0.3, 0.4) is 0 Å². The molecule has 5 heteroatoms. The molecular weight excluding hydrogens is 204 g/mol. The van der Waals surface area contributed by atoms with Gasteiger partial charge in [0.1, 0.15) is 0 Å². The minimum absolute atomic E-state index is 0.0728. The van der Waals surface area contributed by atoms with Crippen molar-refractivity contribution in [1.29, 1.82) is 0 Å². The number of likely N-dealkylation sites (N-methyl/N-ethyl adjacent to an activating group) is 1. The van der Waals surface area contributed by atoms with Crippen LogP contribution in [0.1, 0.15) is 6.42 Å². The predicted octanol–water partition coefficient (Wildman–Crippen LogP) is -1.29. The van der Waals surface area contributed by atoms with E-state index in [4.69, 9.17) is 0 Å². The summed E-state index contributed by atoms with van der Waals surface area (Å²) in [6, 6.07) is 0.0728. The van der Waals surface area contributed by atoms with Crippen molar-refractivity contribution in [2.45, 2.75) is 12.5 Å². The first-order valence-electron chi connectivity index (χ1n) is 6.18. The van der Waals surface area contributed by atoms with Crippen LogP contribution in [0.5, 0.6) is 0 Å². The van der Waals surface area contributed by atoms with E-state index < -0.39 is 0 Å². The largest absolute Gasteiger partial charge is 0.353 e. The normalized spacial score (nSPS) is 29.1. The lowest BCUT2D eigenvalue weighted by atomic mass is 10.1. The first kappa shape index (κ1) is 11.8. The summed E-state index contributed by atoms with van der Waals surface area (Å²) in [5.74, 6) is 0.198.